The van der Waals surface area contributed by atoms with Gasteiger partial charge in [-0.15, -0.1) is 0 Å². The fourth-order valence-corrected chi connectivity index (χ4v) is 3.64. The molecule has 3 heterocycles. The summed E-state index contributed by atoms with van der Waals surface area (Å²) in [7, 11) is 0. The molecule has 29 heavy (non-hydrogen) atoms. The van der Waals surface area contributed by atoms with Gasteiger partial charge in [0.15, 0.2) is 5.84 Å². The van der Waals surface area contributed by atoms with E-state index in [1.165, 1.54) is 35.0 Å². The van der Waals surface area contributed by atoms with Crippen LogP contribution in [0.2, 0.25) is 0 Å². The molecule has 0 fully saturated rings. The number of furan rings is 1. The molecule has 0 saturated carbocycles. The number of thioether (sulfide) groups is 1. The van der Waals surface area contributed by atoms with Crippen LogP contribution in [0.1, 0.15) is 30.0 Å². The normalized spacial score (nSPS) is 17.6. The lowest BCUT2D eigenvalue weighted by Crippen LogP contribution is -2.35. The topological polar surface area (TPSA) is 119 Å². The highest BCUT2D eigenvalue weighted by Gasteiger charge is 2.36. The number of fused-ring (bicyclic) bond motifs is 1. The van der Waals surface area contributed by atoms with Crippen LogP contribution >= 0.6 is 11.8 Å². The first-order valence-corrected chi connectivity index (χ1v) is 9.59. The minimum absolute atomic E-state index is 0.0492. The molecule has 0 spiro atoms. The van der Waals surface area contributed by atoms with E-state index in [9.17, 15) is 9.59 Å². The van der Waals surface area contributed by atoms with Crippen molar-refractivity contribution in [2.24, 2.45) is 16.0 Å². The highest BCUT2D eigenvalue weighted by Crippen LogP contribution is 2.31. The molecular formula is C20H16N4O4S. The Morgan fingerprint density at radius 3 is 2.62 bits per heavy atom. The molecule has 8 nitrogen and oxygen atoms in total. The van der Waals surface area contributed by atoms with Gasteiger partial charge in [0.25, 0.3) is 5.91 Å². The zero-order valence-corrected chi connectivity index (χ0v) is 16.4. The van der Waals surface area contributed by atoms with Gasteiger partial charge in [0.1, 0.15) is 16.6 Å². The van der Waals surface area contributed by atoms with Crippen molar-refractivity contribution in [2.75, 3.05) is 0 Å². The highest BCUT2D eigenvalue weighted by molar-refractivity contribution is 8.27. The molecular weight excluding hydrogens is 392 g/mol. The molecule has 0 aliphatic carbocycles. The SMILES string of the molecule is CC(C)C1=NN2C(=N)/C(=C/c3ccc(-c4ccc(C(=O)O)cc4)o3)C(=O)N=C2S1. The minimum atomic E-state index is -1.00. The number of hydrogen-bond acceptors (Lipinski definition) is 6. The number of carbonyl (C=O) groups excluding carboxylic acids is 1. The molecule has 2 aliphatic heterocycles. The number of amidine groups is 2. The van der Waals surface area contributed by atoms with Crippen molar-refractivity contribution < 1.29 is 19.1 Å². The molecule has 0 unspecified atom stereocenters. The first-order valence-electron chi connectivity index (χ1n) is 8.77. The number of aromatic carboxylic acids is 1. The van der Waals surface area contributed by atoms with Crippen LogP contribution in [0.25, 0.3) is 17.4 Å². The summed E-state index contributed by atoms with van der Waals surface area (Å²) >= 11 is 1.29. The number of carbonyl (C=O) groups is 2. The van der Waals surface area contributed by atoms with E-state index in [0.717, 1.165) is 5.04 Å². The molecule has 1 aromatic carbocycles. The maximum absolute atomic E-state index is 12.4. The Morgan fingerprint density at radius 2 is 1.97 bits per heavy atom. The molecule has 1 amide bonds. The van der Waals surface area contributed by atoms with E-state index in [2.05, 4.69) is 10.1 Å². The van der Waals surface area contributed by atoms with Crippen molar-refractivity contribution >= 4 is 45.8 Å². The van der Waals surface area contributed by atoms with E-state index >= 15 is 0 Å². The van der Waals surface area contributed by atoms with Gasteiger partial charge in [0.05, 0.1) is 11.1 Å². The number of amides is 1. The van der Waals surface area contributed by atoms with E-state index in [1.807, 2.05) is 13.8 Å². The van der Waals surface area contributed by atoms with E-state index < -0.39 is 11.9 Å². The van der Waals surface area contributed by atoms with E-state index in [0.29, 0.717) is 22.3 Å². The van der Waals surface area contributed by atoms with Gasteiger partial charge in [-0.25, -0.2) is 4.79 Å². The Morgan fingerprint density at radius 1 is 1.24 bits per heavy atom. The molecule has 0 atom stereocenters. The van der Waals surface area contributed by atoms with Crippen LogP contribution in [0.4, 0.5) is 0 Å². The second-order valence-electron chi connectivity index (χ2n) is 6.70. The number of benzene rings is 1. The van der Waals surface area contributed by atoms with Gasteiger partial charge in [-0.2, -0.15) is 15.1 Å². The average Bonchev–Trinajstić information content (AvgIpc) is 3.32. The molecule has 4 rings (SSSR count). The van der Waals surface area contributed by atoms with Gasteiger partial charge in [-0.3, -0.25) is 10.2 Å². The third-order valence-corrected chi connectivity index (χ3v) is 5.50. The quantitative estimate of drug-likeness (QED) is 0.740. The van der Waals surface area contributed by atoms with E-state index in [1.54, 1.807) is 24.3 Å². The first-order chi connectivity index (χ1) is 13.8. The Bertz CT molecular complexity index is 1130. The third kappa shape index (κ3) is 3.52. The Kier molecular flexibility index (Phi) is 4.67. The number of nitrogens with one attached hydrogen (secondary N) is 1. The molecule has 2 aliphatic rings. The lowest BCUT2D eigenvalue weighted by atomic mass is 10.1. The van der Waals surface area contributed by atoms with Crippen LogP contribution in [0.3, 0.4) is 0 Å². The van der Waals surface area contributed by atoms with Crippen molar-refractivity contribution in [3.63, 3.8) is 0 Å². The molecule has 146 valence electrons. The second kappa shape index (κ2) is 7.17. The molecule has 9 heteroatoms. The van der Waals surface area contributed by atoms with E-state index in [4.69, 9.17) is 14.9 Å². The van der Waals surface area contributed by atoms with Gasteiger partial charge < -0.3 is 9.52 Å². The summed E-state index contributed by atoms with van der Waals surface area (Å²) < 4.78 is 5.76. The Balaban J connectivity index is 1.61. The standard InChI is InChI=1S/C20H16N4O4S/c1-10(2)18-23-24-16(21)14(17(25)22-20(24)29-18)9-13-7-8-15(28-13)11-3-5-12(6-4-11)19(26)27/h3-10,21H,1-2H3,(H,26,27)/b14-9-,21-16?. The summed E-state index contributed by atoms with van der Waals surface area (Å²) in [5, 5.41) is 24.3. The van der Waals surface area contributed by atoms with Crippen LogP contribution in [0, 0.1) is 11.3 Å². The van der Waals surface area contributed by atoms with Gasteiger partial charge >= 0.3 is 5.97 Å². The summed E-state index contributed by atoms with van der Waals surface area (Å²) in [5.74, 6) is -0.494. The van der Waals surface area contributed by atoms with Crippen molar-refractivity contribution in [2.45, 2.75) is 13.8 Å². The third-order valence-electron chi connectivity index (χ3n) is 4.29. The van der Waals surface area contributed by atoms with Gasteiger partial charge in [-0.1, -0.05) is 26.0 Å². The number of hydrogen-bond donors (Lipinski definition) is 2. The van der Waals surface area contributed by atoms with Gasteiger partial charge in [0.2, 0.25) is 5.17 Å². The van der Waals surface area contributed by atoms with Crippen LogP contribution < -0.4 is 0 Å². The number of aliphatic imine (C=N–C) groups is 1. The molecule has 2 aromatic rings. The monoisotopic (exact) mass is 408 g/mol. The Labute approximate surface area is 170 Å². The largest absolute Gasteiger partial charge is 0.478 e. The summed E-state index contributed by atoms with van der Waals surface area (Å²) in [6, 6.07) is 9.66. The number of nitrogens with zero attached hydrogens (tertiary/aromatic N) is 3. The predicted octanol–water partition coefficient (Wildman–Crippen LogP) is 3.92. The van der Waals surface area contributed by atoms with Crippen LogP contribution in [0.5, 0.6) is 0 Å². The maximum Gasteiger partial charge on any atom is 0.335 e. The summed E-state index contributed by atoms with van der Waals surface area (Å²) in [6.07, 6.45) is 1.47. The van der Waals surface area contributed by atoms with Crippen molar-refractivity contribution in [1.82, 2.24) is 5.01 Å². The lowest BCUT2D eigenvalue weighted by molar-refractivity contribution is -0.114. The van der Waals surface area contributed by atoms with Crippen molar-refractivity contribution in [1.29, 1.82) is 5.41 Å². The van der Waals surface area contributed by atoms with Crippen molar-refractivity contribution in [3.05, 3.63) is 53.3 Å². The fourth-order valence-electron chi connectivity index (χ4n) is 2.75. The Hall–Kier alpha value is -3.46. The molecule has 1 aromatic heterocycles. The van der Waals surface area contributed by atoms with Gasteiger partial charge in [0, 0.05) is 11.5 Å². The lowest BCUT2D eigenvalue weighted by Gasteiger charge is -2.19. The number of hydrazone groups is 1. The number of carboxylic acids is 1. The molecule has 0 bridgehead atoms. The fraction of sp³-hybridized carbons (Fsp3) is 0.150. The van der Waals surface area contributed by atoms with E-state index in [-0.39, 0.29) is 22.9 Å². The van der Waals surface area contributed by atoms with Crippen LogP contribution in [-0.4, -0.2) is 38.0 Å². The van der Waals surface area contributed by atoms with Crippen molar-refractivity contribution in [3.8, 4) is 11.3 Å². The summed E-state index contributed by atoms with van der Waals surface area (Å²) in [5.41, 5.74) is 0.972. The number of rotatable bonds is 4. The minimum Gasteiger partial charge on any atom is -0.478 e. The molecule has 2 N–H and O–H groups in total. The molecule has 0 radical (unpaired) electrons. The smallest absolute Gasteiger partial charge is 0.335 e. The zero-order valence-electron chi connectivity index (χ0n) is 15.5. The van der Waals surface area contributed by atoms with Crippen LogP contribution in [-0.2, 0) is 4.79 Å². The first kappa shape index (κ1) is 18.9. The highest BCUT2D eigenvalue weighted by atomic mass is 32.2. The maximum atomic E-state index is 12.4. The summed E-state index contributed by atoms with van der Waals surface area (Å²) in [6.45, 7) is 3.97. The zero-order chi connectivity index (χ0) is 20.7. The predicted molar refractivity (Wildman–Crippen MR) is 111 cm³/mol. The second-order valence-corrected chi connectivity index (χ2v) is 7.69. The van der Waals surface area contributed by atoms with Gasteiger partial charge in [-0.05, 0) is 42.1 Å². The average molecular weight is 408 g/mol. The van der Waals surface area contributed by atoms with Crippen LogP contribution in [0.15, 0.2) is 56.5 Å². The molecule has 0 saturated heterocycles. The summed E-state index contributed by atoms with van der Waals surface area (Å²) in [4.78, 5) is 27.4. The number of carboxylic acid groups (broad SMARTS) is 1.